The third-order valence-corrected chi connectivity index (χ3v) is 11.0. The molecule has 3 fully saturated rings. The van der Waals surface area contributed by atoms with Crippen LogP contribution >= 0.6 is 0 Å². The van der Waals surface area contributed by atoms with Gasteiger partial charge in [-0.2, -0.15) is 0 Å². The molecule has 3 aliphatic carbocycles. The summed E-state index contributed by atoms with van der Waals surface area (Å²) in [5.74, 6) is 1.37. The van der Waals surface area contributed by atoms with Gasteiger partial charge < -0.3 is 46.5 Å². The number of piperidine rings is 1. The highest BCUT2D eigenvalue weighted by Gasteiger charge is 2.75. The molecule has 44 heavy (non-hydrogen) atoms. The van der Waals surface area contributed by atoms with Crippen LogP contribution in [0.5, 0.6) is 11.5 Å². The minimum Gasteiger partial charge on any atom is -0.481 e. The summed E-state index contributed by atoms with van der Waals surface area (Å²) in [6, 6.07) is 3.28. The predicted octanol–water partition coefficient (Wildman–Crippen LogP) is 0.879. The van der Waals surface area contributed by atoms with E-state index in [9.17, 15) is 14.7 Å². The summed E-state index contributed by atoms with van der Waals surface area (Å²) >= 11 is 0. The first kappa shape index (κ1) is 30.7. The maximum atomic E-state index is 13.2. The average Bonchev–Trinajstić information content (AvgIpc) is 3.71. The number of hydrogen-bond donors (Lipinski definition) is 5. The maximum Gasteiger partial charge on any atom is 0.415 e. The summed E-state index contributed by atoms with van der Waals surface area (Å²) in [5.41, 5.74) is 18.3. The number of likely N-dealkylation sites (tertiary alicyclic amines) is 1. The Morgan fingerprint density at radius 3 is 2.82 bits per heavy atom. The molecule has 240 valence electrons. The third-order valence-electron chi connectivity index (χ3n) is 11.0. The van der Waals surface area contributed by atoms with Crippen molar-refractivity contribution in [2.24, 2.45) is 28.1 Å². The van der Waals surface area contributed by atoms with Gasteiger partial charge in [0.25, 0.3) is 0 Å². The number of quaternary nitrogens is 1. The summed E-state index contributed by atoms with van der Waals surface area (Å²) in [5, 5.41) is 15.5. The van der Waals surface area contributed by atoms with Gasteiger partial charge in [0.2, 0.25) is 5.91 Å². The van der Waals surface area contributed by atoms with E-state index in [1.165, 1.54) is 23.3 Å². The SMILES string of the molecule is C=C1CC[C@@]2(O)[C@H]3Cc4ccc(OC(=O)N(C)CCNC(=O)[C@@H](N)CCCN=C(N)N)c5c4[C@@]2(CC[N+]3(C)CC2CC2)[C@H]1O5. The van der Waals surface area contributed by atoms with Gasteiger partial charge in [-0.05, 0) is 55.7 Å². The molecule has 2 saturated carbocycles. The lowest BCUT2D eigenvalue weighted by Gasteiger charge is -2.65. The minimum absolute atomic E-state index is 0.00674. The van der Waals surface area contributed by atoms with E-state index in [1.54, 1.807) is 7.05 Å². The Balaban J connectivity index is 1.14. The Kier molecular flexibility index (Phi) is 7.82. The first-order valence-corrected chi connectivity index (χ1v) is 16.0. The van der Waals surface area contributed by atoms with Gasteiger partial charge in [0, 0.05) is 51.0 Å². The molecule has 1 saturated heterocycles. The van der Waals surface area contributed by atoms with Gasteiger partial charge in [-0.15, -0.1) is 0 Å². The van der Waals surface area contributed by atoms with E-state index in [1.807, 2.05) is 6.07 Å². The van der Waals surface area contributed by atoms with Crippen LogP contribution in [-0.2, 0) is 16.6 Å². The van der Waals surface area contributed by atoms with Crippen molar-refractivity contribution in [2.75, 3.05) is 46.8 Å². The third kappa shape index (κ3) is 5.00. The van der Waals surface area contributed by atoms with Crippen LogP contribution < -0.4 is 32.0 Å². The lowest BCUT2D eigenvalue weighted by atomic mass is 9.48. The predicted molar refractivity (Wildman–Crippen MR) is 166 cm³/mol. The number of ether oxygens (including phenoxy) is 2. The quantitative estimate of drug-likeness (QED) is 0.0806. The average molecular weight is 611 g/mol. The first-order chi connectivity index (χ1) is 20.9. The van der Waals surface area contributed by atoms with Crippen LogP contribution in [0.3, 0.4) is 0 Å². The second-order valence-electron chi connectivity index (χ2n) is 13.9. The molecular formula is C32H48N7O5+. The molecule has 1 aromatic rings. The molecule has 6 rings (SSSR count). The smallest absolute Gasteiger partial charge is 0.415 e. The highest BCUT2D eigenvalue weighted by molar-refractivity contribution is 5.81. The first-order valence-electron chi connectivity index (χ1n) is 16.0. The molecule has 1 aromatic carbocycles. The number of guanidine groups is 1. The Bertz CT molecular complexity index is 1380. The molecule has 5 aliphatic rings. The van der Waals surface area contributed by atoms with Crippen LogP contribution in [0.1, 0.15) is 56.1 Å². The number of nitrogens with two attached hydrogens (primary N) is 3. The zero-order valence-electron chi connectivity index (χ0n) is 26.0. The molecule has 2 bridgehead atoms. The standard InChI is InChI=1S/C32H47N7O5/c1-19-10-11-32(42)24-17-21-8-9-23(26-25(21)31(32,27(19)44-26)12-16-39(24,3)18-20-6-7-20)43-30(41)38(2)15-14-36-28(40)22(33)5-4-13-37-29(34)35/h8-9,20,22,24,27,42H,1,4-7,10-18,33H2,2-3H3,(H4-,34,35,36,37,40)/p+1/t22-,24+,27-,31-,32+,39?/m0/s1. The van der Waals surface area contributed by atoms with E-state index in [0.717, 1.165) is 53.9 Å². The van der Waals surface area contributed by atoms with Crippen molar-refractivity contribution >= 4 is 18.0 Å². The molecule has 12 heteroatoms. The number of likely N-dealkylation sites (N-methyl/N-ethyl adjacent to an activating group) is 2. The lowest BCUT2D eigenvalue weighted by molar-refractivity contribution is -0.950. The number of carbonyl (C=O) groups excluding carboxylic acids is 2. The van der Waals surface area contributed by atoms with Crippen LogP contribution in [0, 0.1) is 5.92 Å². The van der Waals surface area contributed by atoms with Gasteiger partial charge in [0.15, 0.2) is 17.5 Å². The number of carbonyl (C=O) groups is 2. The molecule has 12 nitrogen and oxygen atoms in total. The van der Waals surface area contributed by atoms with Gasteiger partial charge in [-0.1, -0.05) is 12.6 Å². The van der Waals surface area contributed by atoms with Crippen molar-refractivity contribution < 1.29 is 28.7 Å². The van der Waals surface area contributed by atoms with E-state index in [2.05, 4.69) is 30.0 Å². The maximum absolute atomic E-state index is 13.2. The number of rotatable bonds is 11. The number of nitrogens with zero attached hydrogens (tertiary/aromatic N) is 3. The largest absolute Gasteiger partial charge is 0.481 e. The van der Waals surface area contributed by atoms with Crippen molar-refractivity contribution in [2.45, 2.75) is 80.6 Å². The topological polar surface area (TPSA) is 179 Å². The molecular weight excluding hydrogens is 562 g/mol. The molecule has 2 aliphatic heterocycles. The van der Waals surface area contributed by atoms with E-state index in [-0.39, 0.29) is 37.1 Å². The molecule has 1 unspecified atom stereocenters. The fourth-order valence-electron chi connectivity index (χ4n) is 8.53. The molecule has 1 spiro atoms. The number of hydrogen-bond acceptors (Lipinski definition) is 7. The van der Waals surface area contributed by atoms with Crippen molar-refractivity contribution in [3.05, 3.63) is 35.4 Å². The highest BCUT2D eigenvalue weighted by atomic mass is 16.6. The summed E-state index contributed by atoms with van der Waals surface area (Å²) in [6.45, 7) is 7.34. The lowest BCUT2D eigenvalue weighted by Crippen LogP contribution is -2.80. The van der Waals surface area contributed by atoms with Gasteiger partial charge >= 0.3 is 6.09 Å². The Morgan fingerprint density at radius 2 is 2.09 bits per heavy atom. The number of nitrogens with one attached hydrogen (secondary N) is 1. The molecule has 0 radical (unpaired) electrons. The summed E-state index contributed by atoms with van der Waals surface area (Å²) in [4.78, 5) is 30.8. The number of aliphatic hydroxyl groups is 1. The zero-order chi connectivity index (χ0) is 31.4. The monoisotopic (exact) mass is 610 g/mol. The molecule has 6 atom stereocenters. The fraction of sp³-hybridized carbons (Fsp3) is 0.656. The normalized spacial score (nSPS) is 31.8. The molecule has 0 aromatic heterocycles. The highest BCUT2D eigenvalue weighted by Crippen LogP contribution is 2.67. The second kappa shape index (κ2) is 11.2. The van der Waals surface area contributed by atoms with Crippen molar-refractivity contribution in [3.8, 4) is 11.5 Å². The molecule has 2 amide bonds. The Hall–Kier alpha value is -3.35. The van der Waals surface area contributed by atoms with Gasteiger partial charge in [0.05, 0.1) is 31.6 Å². The van der Waals surface area contributed by atoms with Crippen molar-refractivity contribution in [1.82, 2.24) is 10.2 Å². The Morgan fingerprint density at radius 1 is 1.32 bits per heavy atom. The van der Waals surface area contributed by atoms with E-state index in [4.69, 9.17) is 26.7 Å². The van der Waals surface area contributed by atoms with Crippen LogP contribution in [-0.4, -0.2) is 103 Å². The van der Waals surface area contributed by atoms with Crippen molar-refractivity contribution in [1.29, 1.82) is 0 Å². The molecule has 2 heterocycles. The second-order valence-corrected chi connectivity index (χ2v) is 13.9. The summed E-state index contributed by atoms with van der Waals surface area (Å²) < 4.78 is 13.5. The minimum atomic E-state index is -0.914. The number of aliphatic imine (C=N–C) groups is 1. The number of benzene rings is 1. The van der Waals surface area contributed by atoms with E-state index >= 15 is 0 Å². The van der Waals surface area contributed by atoms with E-state index < -0.39 is 23.2 Å². The van der Waals surface area contributed by atoms with Crippen LogP contribution in [0.4, 0.5) is 4.79 Å². The molecule has 8 N–H and O–H groups in total. The van der Waals surface area contributed by atoms with Gasteiger partial charge in [0.1, 0.15) is 17.7 Å². The van der Waals surface area contributed by atoms with Gasteiger partial charge in [-0.25, -0.2) is 4.79 Å². The van der Waals surface area contributed by atoms with Crippen LogP contribution in [0.25, 0.3) is 0 Å². The Labute approximate surface area is 259 Å². The van der Waals surface area contributed by atoms with E-state index in [0.29, 0.717) is 37.3 Å². The zero-order valence-corrected chi connectivity index (χ0v) is 26.0. The summed E-state index contributed by atoms with van der Waals surface area (Å²) in [6.07, 6.45) is 5.66. The van der Waals surface area contributed by atoms with Crippen LogP contribution in [0.15, 0.2) is 29.3 Å². The van der Waals surface area contributed by atoms with Crippen LogP contribution in [0.2, 0.25) is 0 Å². The fourth-order valence-corrected chi connectivity index (χ4v) is 8.53. The van der Waals surface area contributed by atoms with Gasteiger partial charge in [-0.3, -0.25) is 9.79 Å². The van der Waals surface area contributed by atoms with Crippen molar-refractivity contribution in [3.63, 3.8) is 0 Å². The number of amides is 2. The summed E-state index contributed by atoms with van der Waals surface area (Å²) in [7, 11) is 3.96.